The first-order chi connectivity index (χ1) is 13.4. The number of benzene rings is 2. The first kappa shape index (κ1) is 19.6. The van der Waals surface area contributed by atoms with E-state index in [1.54, 1.807) is 13.8 Å². The van der Waals surface area contributed by atoms with Crippen molar-refractivity contribution in [2.45, 2.75) is 50.8 Å². The molecule has 0 spiro atoms. The van der Waals surface area contributed by atoms with Gasteiger partial charge in [-0.2, -0.15) is 0 Å². The number of halogens is 2. The highest BCUT2D eigenvalue weighted by Gasteiger charge is 2.27. The highest BCUT2D eigenvalue weighted by molar-refractivity contribution is 9.10. The van der Waals surface area contributed by atoms with Gasteiger partial charge >= 0.3 is 0 Å². The van der Waals surface area contributed by atoms with Crippen molar-refractivity contribution in [3.05, 3.63) is 69.3 Å². The Kier molecular flexibility index (Phi) is 5.34. The lowest BCUT2D eigenvalue weighted by Crippen LogP contribution is -2.30. The van der Waals surface area contributed by atoms with Gasteiger partial charge in [0, 0.05) is 27.1 Å². The molecule has 1 aliphatic carbocycles. The van der Waals surface area contributed by atoms with E-state index in [0.717, 1.165) is 40.4 Å². The smallest absolute Gasteiger partial charge is 0.109 e. The summed E-state index contributed by atoms with van der Waals surface area (Å²) < 4.78 is 15.0. The Labute approximate surface area is 173 Å². The maximum Gasteiger partial charge on any atom is 0.109 e. The summed E-state index contributed by atoms with van der Waals surface area (Å²) >= 11 is 3.56. The van der Waals surface area contributed by atoms with Crippen LogP contribution < -0.4 is 5.32 Å². The van der Waals surface area contributed by atoms with Crippen molar-refractivity contribution in [3.8, 4) is 0 Å². The fourth-order valence-corrected chi connectivity index (χ4v) is 4.56. The van der Waals surface area contributed by atoms with Crippen LogP contribution in [-0.4, -0.2) is 16.8 Å². The summed E-state index contributed by atoms with van der Waals surface area (Å²) in [6.45, 7) is 3.04. The Morgan fingerprint density at radius 1 is 1.25 bits per heavy atom. The molecule has 4 rings (SSSR count). The predicted molar refractivity (Wildman–Crippen MR) is 115 cm³/mol. The minimum atomic E-state index is -0.895. The van der Waals surface area contributed by atoms with Crippen molar-refractivity contribution < 1.29 is 9.50 Å². The number of fused-ring (bicyclic) bond motifs is 3. The van der Waals surface area contributed by atoms with Crippen LogP contribution in [0.15, 0.2) is 46.9 Å². The molecule has 0 saturated heterocycles. The monoisotopic (exact) mass is 444 g/mol. The predicted octanol–water partition coefficient (Wildman–Crippen LogP) is 5.84. The van der Waals surface area contributed by atoms with Crippen LogP contribution in [0.3, 0.4) is 0 Å². The first-order valence-electron chi connectivity index (χ1n) is 9.81. The second-order valence-electron chi connectivity index (χ2n) is 8.21. The van der Waals surface area contributed by atoms with Crippen LogP contribution in [0.4, 0.5) is 4.39 Å². The fraction of sp³-hybridized carbons (Fsp3) is 0.391. The lowest BCUT2D eigenvalue weighted by molar-refractivity contribution is 0.0785. The highest BCUT2D eigenvalue weighted by atomic mass is 79.9. The van der Waals surface area contributed by atoms with Gasteiger partial charge in [0.25, 0.3) is 0 Å². The van der Waals surface area contributed by atoms with Crippen molar-refractivity contribution in [1.82, 2.24) is 10.3 Å². The van der Waals surface area contributed by atoms with E-state index in [1.807, 2.05) is 30.3 Å². The van der Waals surface area contributed by atoms with E-state index in [1.165, 1.54) is 16.6 Å². The Balaban J connectivity index is 1.61. The van der Waals surface area contributed by atoms with Gasteiger partial charge in [0.2, 0.25) is 0 Å². The van der Waals surface area contributed by atoms with Crippen LogP contribution in [0.5, 0.6) is 0 Å². The number of nitrogens with one attached hydrogen (secondary N) is 2. The maximum absolute atomic E-state index is 13.9. The zero-order chi connectivity index (χ0) is 19.9. The van der Waals surface area contributed by atoms with E-state index in [2.05, 4.69) is 38.4 Å². The molecule has 3 nitrogen and oxygen atoms in total. The van der Waals surface area contributed by atoms with E-state index in [-0.39, 0.29) is 12.1 Å². The number of alkyl halides is 1. The highest BCUT2D eigenvalue weighted by Crippen LogP contribution is 2.37. The Bertz CT molecular complexity index is 975. The number of H-pyrrole nitrogens is 1. The van der Waals surface area contributed by atoms with Gasteiger partial charge in [-0.1, -0.05) is 40.2 Å². The Morgan fingerprint density at radius 3 is 2.68 bits per heavy atom. The number of aromatic nitrogens is 1. The number of aliphatic hydroxyl groups is 1. The second kappa shape index (κ2) is 7.62. The third kappa shape index (κ3) is 3.76. The Hall–Kier alpha value is -1.69. The minimum absolute atomic E-state index is 0.102. The molecule has 0 aliphatic heterocycles. The molecule has 28 heavy (non-hydrogen) atoms. The number of hydrogen-bond donors (Lipinski definition) is 3. The van der Waals surface area contributed by atoms with Crippen molar-refractivity contribution in [3.63, 3.8) is 0 Å². The molecule has 2 aromatic carbocycles. The zero-order valence-corrected chi connectivity index (χ0v) is 17.8. The standard InChI is InChI=1S/C23H26BrFN2O/c1-23(2,28)15-8-6-14(7-9-15)21(13-25)26-20-5-3-4-17-18-12-16(24)10-11-19(18)27-22(17)20/h6-12,20-21,26-28H,3-5,13H2,1-2H3. The lowest BCUT2D eigenvalue weighted by atomic mass is 9.90. The summed E-state index contributed by atoms with van der Waals surface area (Å²) in [6, 6.07) is 13.6. The molecular formula is C23H26BrFN2O. The van der Waals surface area contributed by atoms with Crippen LogP contribution in [0.2, 0.25) is 0 Å². The van der Waals surface area contributed by atoms with Gasteiger partial charge in [-0.25, -0.2) is 4.39 Å². The summed E-state index contributed by atoms with van der Waals surface area (Å²) in [5.74, 6) is 0. The third-order valence-electron chi connectivity index (χ3n) is 5.75. The molecule has 0 fully saturated rings. The quantitative estimate of drug-likeness (QED) is 0.463. The second-order valence-corrected chi connectivity index (χ2v) is 9.12. The van der Waals surface area contributed by atoms with Gasteiger partial charge in [0.1, 0.15) is 6.67 Å². The van der Waals surface area contributed by atoms with E-state index >= 15 is 0 Å². The first-order valence-corrected chi connectivity index (χ1v) is 10.6. The van der Waals surface area contributed by atoms with E-state index in [0.29, 0.717) is 0 Å². The molecule has 0 radical (unpaired) electrons. The van der Waals surface area contributed by atoms with Crippen molar-refractivity contribution >= 4 is 26.8 Å². The zero-order valence-electron chi connectivity index (χ0n) is 16.2. The molecule has 2 atom stereocenters. The van der Waals surface area contributed by atoms with Gasteiger partial charge in [-0.3, -0.25) is 5.32 Å². The van der Waals surface area contributed by atoms with Gasteiger partial charge in [0.05, 0.1) is 11.6 Å². The summed E-state index contributed by atoms with van der Waals surface area (Å²) in [5, 5.41) is 14.9. The van der Waals surface area contributed by atoms with Crippen LogP contribution >= 0.6 is 15.9 Å². The molecule has 1 aliphatic rings. The number of hydrogen-bond acceptors (Lipinski definition) is 2. The molecule has 0 saturated carbocycles. The van der Waals surface area contributed by atoms with Crippen LogP contribution in [-0.2, 0) is 12.0 Å². The molecule has 5 heteroatoms. The molecule has 3 aromatic rings. The van der Waals surface area contributed by atoms with E-state index in [9.17, 15) is 9.50 Å². The van der Waals surface area contributed by atoms with Crippen LogP contribution in [0.25, 0.3) is 10.9 Å². The molecular weight excluding hydrogens is 419 g/mol. The SMILES string of the molecule is CC(C)(O)c1ccc(C(CF)NC2CCCc3c2[nH]c2ccc(Br)cc32)cc1. The van der Waals surface area contributed by atoms with Crippen molar-refractivity contribution in [2.75, 3.05) is 6.67 Å². The largest absolute Gasteiger partial charge is 0.386 e. The summed E-state index contributed by atoms with van der Waals surface area (Å²) in [6.07, 6.45) is 3.12. The molecule has 0 amide bonds. The molecule has 148 valence electrons. The van der Waals surface area contributed by atoms with Crippen molar-refractivity contribution in [1.29, 1.82) is 0 Å². The maximum atomic E-state index is 13.9. The van der Waals surface area contributed by atoms with Crippen LogP contribution in [0, 0.1) is 0 Å². The molecule has 1 aromatic heterocycles. The third-order valence-corrected chi connectivity index (χ3v) is 6.24. The van der Waals surface area contributed by atoms with E-state index in [4.69, 9.17) is 0 Å². The summed E-state index contributed by atoms with van der Waals surface area (Å²) in [7, 11) is 0. The van der Waals surface area contributed by atoms with Gasteiger partial charge in [0.15, 0.2) is 0 Å². The summed E-state index contributed by atoms with van der Waals surface area (Å²) in [5.41, 5.74) is 4.50. The van der Waals surface area contributed by atoms with Crippen molar-refractivity contribution in [2.24, 2.45) is 0 Å². The van der Waals surface area contributed by atoms with Crippen LogP contribution in [0.1, 0.15) is 61.2 Å². The minimum Gasteiger partial charge on any atom is -0.386 e. The molecule has 0 bridgehead atoms. The van der Waals surface area contributed by atoms with Gasteiger partial charge < -0.3 is 10.1 Å². The fourth-order valence-electron chi connectivity index (χ4n) is 4.20. The normalized spacial score (nSPS) is 18.2. The average molecular weight is 445 g/mol. The number of aromatic amines is 1. The Morgan fingerprint density at radius 2 is 2.00 bits per heavy atom. The van der Waals surface area contributed by atoms with E-state index < -0.39 is 12.3 Å². The number of rotatable bonds is 5. The average Bonchev–Trinajstić information content (AvgIpc) is 3.04. The molecule has 2 unspecified atom stereocenters. The topological polar surface area (TPSA) is 48.0 Å². The lowest BCUT2D eigenvalue weighted by Gasteiger charge is -2.28. The van der Waals surface area contributed by atoms with Gasteiger partial charge in [-0.05, 0) is 68.0 Å². The molecule has 1 heterocycles. The molecule has 3 N–H and O–H groups in total. The number of aryl methyl sites for hydroxylation is 1. The van der Waals surface area contributed by atoms with Gasteiger partial charge in [-0.15, -0.1) is 0 Å². The summed E-state index contributed by atoms with van der Waals surface area (Å²) in [4.78, 5) is 3.56.